The molecule has 0 aromatic heterocycles. The van der Waals surface area contributed by atoms with Gasteiger partial charge in [-0.05, 0) is 70.1 Å². The van der Waals surface area contributed by atoms with Crippen LogP contribution in [0.4, 0.5) is 4.79 Å². The fourth-order valence-corrected chi connectivity index (χ4v) is 6.65. The van der Waals surface area contributed by atoms with Gasteiger partial charge in [-0.1, -0.05) is 48.7 Å². The summed E-state index contributed by atoms with van der Waals surface area (Å²) in [5.74, 6) is -1.21. The second-order valence-corrected chi connectivity index (χ2v) is 16.0. The summed E-state index contributed by atoms with van der Waals surface area (Å²) in [6.45, 7) is 5.13. The maximum Gasteiger partial charge on any atom is 0.408 e. The van der Waals surface area contributed by atoms with Gasteiger partial charge in [0.15, 0.2) is 12.4 Å². The molecule has 61 heavy (non-hydrogen) atoms. The van der Waals surface area contributed by atoms with Crippen LogP contribution < -0.4 is 20.1 Å². The molecule has 1 saturated heterocycles. The number of ketones is 1. The highest BCUT2D eigenvalue weighted by atomic mass is 35.5. The van der Waals surface area contributed by atoms with Crippen molar-refractivity contribution in [1.29, 1.82) is 0 Å². The van der Waals surface area contributed by atoms with E-state index in [1.54, 1.807) is 20.8 Å². The maximum absolute atomic E-state index is 13.2. The number of carbonyl (C=O) groups is 5. The number of rotatable bonds is 24. The molecule has 1 heterocycles. The van der Waals surface area contributed by atoms with E-state index in [4.69, 9.17) is 44.8 Å². The Morgan fingerprint density at radius 3 is 2.25 bits per heavy atom. The number of ether oxygens (including phenoxy) is 7. The molecule has 2 aromatic rings. The van der Waals surface area contributed by atoms with E-state index >= 15 is 0 Å². The molecule has 0 spiro atoms. The predicted octanol–water partition coefficient (Wildman–Crippen LogP) is 4.34. The molecule has 1 fully saturated rings. The molecule has 1 aliphatic heterocycles. The highest BCUT2D eigenvalue weighted by molar-refractivity contribution is 6.32. The molecule has 2 amide bonds. The van der Waals surface area contributed by atoms with Crippen LogP contribution >= 0.6 is 11.6 Å². The fraction of sp³-hybridized carbons (Fsp3) is 0.605. The van der Waals surface area contributed by atoms with E-state index in [-0.39, 0.29) is 46.8 Å². The summed E-state index contributed by atoms with van der Waals surface area (Å²) in [4.78, 5) is 62.4. The van der Waals surface area contributed by atoms with Gasteiger partial charge in [0.2, 0.25) is 5.91 Å². The Balaban J connectivity index is 1.36. The number of nitrogens with one attached hydrogen (secondary N) is 2. The van der Waals surface area contributed by atoms with E-state index in [2.05, 4.69) is 10.6 Å². The van der Waals surface area contributed by atoms with Gasteiger partial charge in [-0.2, -0.15) is 0 Å². The molecule has 18 heteroatoms. The minimum Gasteiger partial charge on any atom is -0.496 e. The van der Waals surface area contributed by atoms with Crippen LogP contribution in [0.15, 0.2) is 36.4 Å². The molecule has 2 aromatic carbocycles. The van der Waals surface area contributed by atoms with E-state index < -0.39 is 67.0 Å². The lowest BCUT2D eigenvalue weighted by atomic mass is 9.99. The molecular formula is C43H61ClN2O15. The number of hydrogen-bond acceptors (Lipinski definition) is 15. The number of hydrogen-bond donors (Lipinski definition) is 5. The summed E-state index contributed by atoms with van der Waals surface area (Å²) < 4.78 is 37.4. The topological polar surface area (TPSA) is 235 Å². The highest BCUT2D eigenvalue weighted by Crippen LogP contribution is 2.35. The van der Waals surface area contributed by atoms with Gasteiger partial charge >= 0.3 is 18.0 Å². The van der Waals surface area contributed by atoms with Crippen LogP contribution in [-0.4, -0.2) is 122 Å². The third-order valence-electron chi connectivity index (χ3n) is 9.59. The molecule has 0 bridgehead atoms. The number of amides is 2. The van der Waals surface area contributed by atoms with Crippen LogP contribution in [0.2, 0.25) is 5.02 Å². The molecule has 340 valence electrons. The summed E-state index contributed by atoms with van der Waals surface area (Å²) in [7, 11) is 3.85. The van der Waals surface area contributed by atoms with Crippen molar-refractivity contribution < 1.29 is 72.5 Å². The number of unbranched alkanes of at least 4 members (excludes halogenated alkanes) is 4. The number of alkyl carbamates (subject to hydrolysis) is 1. The average molecular weight is 881 g/mol. The second kappa shape index (κ2) is 25.4. The Labute approximate surface area is 361 Å². The monoisotopic (exact) mass is 880 g/mol. The zero-order valence-electron chi connectivity index (χ0n) is 35.7. The first-order valence-corrected chi connectivity index (χ1v) is 20.7. The maximum atomic E-state index is 13.2. The lowest BCUT2D eigenvalue weighted by molar-refractivity contribution is -0.293. The van der Waals surface area contributed by atoms with Gasteiger partial charge < -0.3 is 59.1 Å². The fourth-order valence-electron chi connectivity index (χ4n) is 6.43. The summed E-state index contributed by atoms with van der Waals surface area (Å²) in [6.07, 6.45) is -2.08. The Morgan fingerprint density at radius 1 is 0.885 bits per heavy atom. The van der Waals surface area contributed by atoms with Crippen molar-refractivity contribution in [3.05, 3.63) is 58.1 Å². The van der Waals surface area contributed by atoms with Crippen molar-refractivity contribution in [2.24, 2.45) is 0 Å². The summed E-state index contributed by atoms with van der Waals surface area (Å²) in [5, 5.41) is 35.7. The zero-order chi connectivity index (χ0) is 45.1. The molecule has 1 aliphatic rings. The summed E-state index contributed by atoms with van der Waals surface area (Å²) in [6, 6.07) is 9.26. The molecule has 6 atom stereocenters. The van der Waals surface area contributed by atoms with Crippen LogP contribution in [0, 0.1) is 0 Å². The predicted molar refractivity (Wildman–Crippen MR) is 221 cm³/mol. The quantitative estimate of drug-likeness (QED) is 0.0561. The molecule has 5 N–H and O–H groups in total. The largest absolute Gasteiger partial charge is 0.496 e. The normalized spacial score (nSPS) is 19.3. The Morgan fingerprint density at radius 2 is 1.59 bits per heavy atom. The minimum absolute atomic E-state index is 0.0630. The Hall–Kier alpha value is -4.52. The van der Waals surface area contributed by atoms with E-state index in [1.165, 1.54) is 33.5 Å². The van der Waals surface area contributed by atoms with Crippen molar-refractivity contribution in [2.75, 3.05) is 34.5 Å². The van der Waals surface area contributed by atoms with Crippen molar-refractivity contribution >= 4 is 41.3 Å². The van der Waals surface area contributed by atoms with Crippen molar-refractivity contribution in [2.45, 2.75) is 134 Å². The van der Waals surface area contributed by atoms with Gasteiger partial charge in [-0.3, -0.25) is 9.59 Å². The van der Waals surface area contributed by atoms with Crippen LogP contribution in [0.25, 0.3) is 0 Å². The zero-order valence-corrected chi connectivity index (χ0v) is 36.5. The minimum atomic E-state index is -1.61. The number of esters is 2. The third kappa shape index (κ3) is 17.0. The number of carbonyl (C=O) groups excluding carboxylic acids is 5. The standard InChI is InChI=1S/C43H61ClN2O15/c1-43(2,3)61-42(54)46-31(40(53)56-5)17-11-12-19-45-35(49)18-10-8-7-9-16-28(48)21-26-14-13-15-27(20-26)25-58-33-23-32(55-4)29(22-30(33)44)39(52)60-38-37(51)36(50)34(24-47)59-41(38)57-6/h13-15,20,22-23,31,34,36-38,41,47,50-51H,7-12,16-19,21,24-25H2,1-6H3,(H,45,49)(H,46,54)/t31-,34+,36+,37-,38+,41-/m0/s1. The summed E-state index contributed by atoms with van der Waals surface area (Å²) >= 11 is 6.48. The molecule has 3 rings (SSSR count). The molecule has 0 radical (unpaired) electrons. The first-order chi connectivity index (χ1) is 29.0. The average Bonchev–Trinajstić information content (AvgIpc) is 3.21. The van der Waals surface area contributed by atoms with Crippen LogP contribution in [0.1, 0.15) is 100 Å². The smallest absolute Gasteiger partial charge is 0.408 e. The van der Waals surface area contributed by atoms with E-state index in [9.17, 15) is 39.3 Å². The number of benzene rings is 2. The third-order valence-corrected chi connectivity index (χ3v) is 9.88. The Kier molecular flexibility index (Phi) is 21.2. The van der Waals surface area contributed by atoms with E-state index in [0.29, 0.717) is 51.5 Å². The number of methoxy groups -OCH3 is 3. The number of halogens is 1. The van der Waals surface area contributed by atoms with Crippen molar-refractivity contribution in [3.8, 4) is 11.5 Å². The second-order valence-electron chi connectivity index (χ2n) is 15.6. The number of Topliss-reactive ketones (excluding diaryl/α,β-unsaturated/α-hetero) is 1. The SMILES string of the molecule is COC(=O)[C@H](CCCCNC(=O)CCCCCCC(=O)Cc1cccc(COc2cc(OC)c(C(=O)O[C@H]3[C@@H](OC)O[C@H](CO)[C@@H](O)[C@@H]3O)cc2Cl)c1)NC(=O)OC(C)(C)C. The van der Waals surface area contributed by atoms with Gasteiger partial charge in [-0.15, -0.1) is 0 Å². The van der Waals surface area contributed by atoms with Gasteiger partial charge in [0, 0.05) is 39.0 Å². The summed E-state index contributed by atoms with van der Waals surface area (Å²) in [5.41, 5.74) is 0.812. The van der Waals surface area contributed by atoms with Crippen LogP contribution in [0.5, 0.6) is 11.5 Å². The van der Waals surface area contributed by atoms with Crippen LogP contribution in [0.3, 0.4) is 0 Å². The van der Waals surface area contributed by atoms with Gasteiger partial charge in [0.05, 0.1) is 25.8 Å². The molecule has 0 aliphatic carbocycles. The lowest BCUT2D eigenvalue weighted by Gasteiger charge is -2.40. The van der Waals surface area contributed by atoms with Gasteiger partial charge in [-0.25, -0.2) is 14.4 Å². The molecular weight excluding hydrogens is 820 g/mol. The van der Waals surface area contributed by atoms with Crippen molar-refractivity contribution in [1.82, 2.24) is 10.6 Å². The lowest BCUT2D eigenvalue weighted by Crippen LogP contribution is -2.60. The van der Waals surface area contributed by atoms with Gasteiger partial charge in [0.25, 0.3) is 0 Å². The first kappa shape index (κ1) is 50.8. The Bertz CT molecular complexity index is 1750. The molecule has 17 nitrogen and oxygen atoms in total. The van der Waals surface area contributed by atoms with Crippen LogP contribution in [-0.2, 0) is 51.1 Å². The van der Waals surface area contributed by atoms with Gasteiger partial charge in [0.1, 0.15) is 59.4 Å². The van der Waals surface area contributed by atoms with E-state index in [0.717, 1.165) is 24.0 Å². The van der Waals surface area contributed by atoms with Crippen molar-refractivity contribution in [3.63, 3.8) is 0 Å². The molecule has 0 unspecified atom stereocenters. The number of aliphatic hydroxyl groups excluding tert-OH is 3. The van der Waals surface area contributed by atoms with E-state index in [1.807, 2.05) is 24.3 Å². The number of aliphatic hydroxyl groups is 3. The first-order valence-electron chi connectivity index (χ1n) is 20.3. The highest BCUT2D eigenvalue weighted by Gasteiger charge is 2.47. The molecule has 0 saturated carbocycles.